The van der Waals surface area contributed by atoms with E-state index < -0.39 is 0 Å². The van der Waals surface area contributed by atoms with Crippen molar-refractivity contribution in [2.75, 3.05) is 51.2 Å². The zero-order valence-electron chi connectivity index (χ0n) is 19.2. The summed E-state index contributed by atoms with van der Waals surface area (Å²) >= 11 is 0. The minimum Gasteiger partial charge on any atom is -0.493 e. The topological polar surface area (TPSA) is 98.6 Å². The first-order chi connectivity index (χ1) is 16.2. The second kappa shape index (κ2) is 9.14. The number of nitrogens with zero attached hydrogens (tertiary/aromatic N) is 5. The molecule has 2 aromatic heterocycles. The van der Waals surface area contributed by atoms with Crippen LogP contribution in [0.1, 0.15) is 24.1 Å². The van der Waals surface area contributed by atoms with E-state index in [9.17, 15) is 0 Å². The van der Waals surface area contributed by atoms with E-state index in [1.807, 2.05) is 22.9 Å². The Morgan fingerprint density at radius 3 is 2.45 bits per heavy atom. The van der Waals surface area contributed by atoms with Crippen LogP contribution in [0.2, 0.25) is 0 Å². The highest BCUT2D eigenvalue weighted by Crippen LogP contribution is 2.39. The van der Waals surface area contributed by atoms with Gasteiger partial charge in [0.05, 0.1) is 38.9 Å². The Kier molecular flexibility index (Phi) is 5.91. The Labute approximate surface area is 192 Å². The van der Waals surface area contributed by atoms with Crippen LogP contribution in [0.25, 0.3) is 5.69 Å². The summed E-state index contributed by atoms with van der Waals surface area (Å²) in [6, 6.07) is 3.75. The van der Waals surface area contributed by atoms with Gasteiger partial charge in [-0.1, -0.05) is 0 Å². The van der Waals surface area contributed by atoms with Gasteiger partial charge in [-0.25, -0.2) is 9.97 Å². The van der Waals surface area contributed by atoms with Gasteiger partial charge < -0.3 is 34.3 Å². The van der Waals surface area contributed by atoms with Crippen molar-refractivity contribution in [1.82, 2.24) is 24.8 Å². The van der Waals surface area contributed by atoms with Crippen LogP contribution in [-0.2, 0) is 13.0 Å². The number of ether oxygens (including phenoxy) is 3. The third kappa shape index (κ3) is 4.13. The van der Waals surface area contributed by atoms with Gasteiger partial charge in [-0.3, -0.25) is 0 Å². The first kappa shape index (κ1) is 21.3. The van der Waals surface area contributed by atoms with Gasteiger partial charge in [0.2, 0.25) is 11.7 Å². The first-order valence-corrected chi connectivity index (χ1v) is 11.2. The van der Waals surface area contributed by atoms with Crippen molar-refractivity contribution in [3.05, 3.63) is 35.9 Å². The summed E-state index contributed by atoms with van der Waals surface area (Å²) in [5, 5.41) is 6.75. The fourth-order valence-corrected chi connectivity index (χ4v) is 4.43. The molecular weight excluding hydrogens is 422 g/mol. The molecule has 0 aliphatic carbocycles. The molecule has 10 heteroatoms. The number of anilines is 3. The van der Waals surface area contributed by atoms with Crippen LogP contribution >= 0.6 is 0 Å². The number of nitrogens with one attached hydrogen (secondary N) is 2. The molecule has 2 aliphatic rings. The fourth-order valence-electron chi connectivity index (χ4n) is 4.43. The molecule has 0 radical (unpaired) electrons. The van der Waals surface area contributed by atoms with Gasteiger partial charge in [-0.15, -0.1) is 0 Å². The predicted octanol–water partition coefficient (Wildman–Crippen LogP) is 2.68. The molecule has 10 nitrogen and oxygen atoms in total. The summed E-state index contributed by atoms with van der Waals surface area (Å²) in [5.74, 6) is 3.98. The number of hydrogen-bond donors (Lipinski definition) is 2. The lowest BCUT2D eigenvalue weighted by atomic mass is 10.1. The monoisotopic (exact) mass is 451 g/mol. The van der Waals surface area contributed by atoms with E-state index in [0.717, 1.165) is 49.8 Å². The Balaban J connectivity index is 1.44. The molecule has 2 aliphatic heterocycles. The van der Waals surface area contributed by atoms with E-state index in [1.165, 1.54) is 18.4 Å². The predicted molar refractivity (Wildman–Crippen MR) is 125 cm³/mol. The zero-order valence-corrected chi connectivity index (χ0v) is 19.2. The van der Waals surface area contributed by atoms with Gasteiger partial charge in [-0.2, -0.15) is 4.98 Å². The third-order valence-corrected chi connectivity index (χ3v) is 6.09. The molecule has 1 aromatic carbocycles. The van der Waals surface area contributed by atoms with Gasteiger partial charge in [0.25, 0.3) is 0 Å². The van der Waals surface area contributed by atoms with Crippen LogP contribution in [-0.4, -0.2) is 60.5 Å². The Bertz CT molecular complexity index is 1120. The average Bonchev–Trinajstić information content (AvgIpc) is 3.55. The van der Waals surface area contributed by atoms with Crippen molar-refractivity contribution < 1.29 is 14.2 Å². The molecule has 2 N–H and O–H groups in total. The highest BCUT2D eigenvalue weighted by molar-refractivity contribution is 5.60. The fraction of sp³-hybridized carbons (Fsp3) is 0.435. The van der Waals surface area contributed by atoms with Crippen LogP contribution in [0.15, 0.2) is 24.7 Å². The van der Waals surface area contributed by atoms with Gasteiger partial charge in [0, 0.05) is 50.3 Å². The van der Waals surface area contributed by atoms with E-state index in [4.69, 9.17) is 24.2 Å². The van der Waals surface area contributed by atoms with E-state index >= 15 is 0 Å². The summed E-state index contributed by atoms with van der Waals surface area (Å²) < 4.78 is 18.3. The standard InChI is InChI=1S/C23H29N7O3/c1-31-18-10-15(11-19(32-2)21(18)33-3)30-13-20(25-14-30)27-23-26-17-6-7-24-12-16(17)22(28-23)29-8-4-5-9-29/h10-11,13-14,24H,4-9,12H2,1-3H3,(H,26,27,28). The van der Waals surface area contributed by atoms with E-state index in [2.05, 4.69) is 20.5 Å². The molecule has 0 saturated carbocycles. The highest BCUT2D eigenvalue weighted by atomic mass is 16.5. The summed E-state index contributed by atoms with van der Waals surface area (Å²) in [6.45, 7) is 3.83. The van der Waals surface area contributed by atoms with Crippen LogP contribution in [0, 0.1) is 0 Å². The molecule has 1 fully saturated rings. The summed E-state index contributed by atoms with van der Waals surface area (Å²) in [6.07, 6.45) is 6.92. The number of imidazole rings is 1. The number of methoxy groups -OCH3 is 3. The Morgan fingerprint density at radius 2 is 1.76 bits per heavy atom. The van der Waals surface area contributed by atoms with Crippen molar-refractivity contribution in [2.45, 2.75) is 25.8 Å². The van der Waals surface area contributed by atoms with Gasteiger partial charge in [0.15, 0.2) is 17.3 Å². The zero-order chi connectivity index (χ0) is 22.8. The van der Waals surface area contributed by atoms with Crippen molar-refractivity contribution in [2.24, 2.45) is 0 Å². The lowest BCUT2D eigenvalue weighted by Gasteiger charge is -2.25. The number of rotatable bonds is 7. The number of hydrogen-bond acceptors (Lipinski definition) is 9. The minimum absolute atomic E-state index is 0.550. The van der Waals surface area contributed by atoms with Gasteiger partial charge in [0.1, 0.15) is 12.1 Å². The molecule has 33 heavy (non-hydrogen) atoms. The Hall–Kier alpha value is -3.53. The molecule has 0 amide bonds. The van der Waals surface area contributed by atoms with Crippen LogP contribution < -0.4 is 29.7 Å². The molecule has 174 valence electrons. The Morgan fingerprint density at radius 1 is 1.00 bits per heavy atom. The van der Waals surface area contributed by atoms with E-state index in [1.54, 1.807) is 27.7 Å². The largest absolute Gasteiger partial charge is 0.493 e. The maximum atomic E-state index is 5.47. The quantitative estimate of drug-likeness (QED) is 0.562. The van der Waals surface area contributed by atoms with Crippen molar-refractivity contribution >= 4 is 17.6 Å². The van der Waals surface area contributed by atoms with Crippen LogP contribution in [0.4, 0.5) is 17.6 Å². The molecule has 1 saturated heterocycles. The maximum Gasteiger partial charge on any atom is 0.230 e. The maximum absolute atomic E-state index is 5.47. The SMILES string of the molecule is COc1cc(-n2cnc(Nc3nc4c(c(N5CCCC5)n3)CNCC4)c2)cc(OC)c1OC. The number of benzene rings is 1. The molecule has 0 bridgehead atoms. The molecule has 4 heterocycles. The summed E-state index contributed by atoms with van der Waals surface area (Å²) in [7, 11) is 4.79. The van der Waals surface area contributed by atoms with Gasteiger partial charge >= 0.3 is 0 Å². The number of fused-ring (bicyclic) bond motifs is 1. The molecule has 0 atom stereocenters. The van der Waals surface area contributed by atoms with Crippen molar-refractivity contribution in [3.8, 4) is 22.9 Å². The molecule has 0 spiro atoms. The highest BCUT2D eigenvalue weighted by Gasteiger charge is 2.24. The summed E-state index contributed by atoms with van der Waals surface area (Å²) in [5.41, 5.74) is 3.16. The van der Waals surface area contributed by atoms with Gasteiger partial charge in [-0.05, 0) is 12.8 Å². The third-order valence-electron chi connectivity index (χ3n) is 6.09. The van der Waals surface area contributed by atoms with Crippen LogP contribution in [0.3, 0.4) is 0 Å². The summed E-state index contributed by atoms with van der Waals surface area (Å²) in [4.78, 5) is 16.6. The van der Waals surface area contributed by atoms with Crippen LogP contribution in [0.5, 0.6) is 17.2 Å². The van der Waals surface area contributed by atoms with E-state index in [0.29, 0.717) is 29.0 Å². The van der Waals surface area contributed by atoms with Crippen molar-refractivity contribution in [1.29, 1.82) is 0 Å². The molecule has 5 rings (SSSR count). The molecular formula is C23H29N7O3. The average molecular weight is 452 g/mol. The smallest absolute Gasteiger partial charge is 0.230 e. The number of aromatic nitrogens is 4. The molecule has 3 aromatic rings. The molecule has 0 unspecified atom stereocenters. The normalized spacial score (nSPS) is 15.3. The van der Waals surface area contributed by atoms with Crippen molar-refractivity contribution in [3.63, 3.8) is 0 Å². The second-order valence-corrected chi connectivity index (χ2v) is 8.09. The second-order valence-electron chi connectivity index (χ2n) is 8.09. The first-order valence-electron chi connectivity index (χ1n) is 11.2. The minimum atomic E-state index is 0.550. The lowest BCUT2D eigenvalue weighted by Crippen LogP contribution is -2.30. The lowest BCUT2D eigenvalue weighted by molar-refractivity contribution is 0.324. The van der Waals surface area contributed by atoms with E-state index in [-0.39, 0.29) is 0 Å².